The summed E-state index contributed by atoms with van der Waals surface area (Å²) in [5.41, 5.74) is 6.98. The Morgan fingerprint density at radius 2 is 2.29 bits per heavy atom. The van der Waals surface area contributed by atoms with Crippen molar-refractivity contribution in [3.8, 4) is 0 Å². The van der Waals surface area contributed by atoms with Crippen molar-refractivity contribution in [2.75, 3.05) is 6.61 Å². The molecule has 0 bridgehead atoms. The second-order valence-corrected chi connectivity index (χ2v) is 3.65. The van der Waals surface area contributed by atoms with Crippen molar-refractivity contribution >= 4 is 5.52 Å². The molecule has 0 aliphatic rings. The van der Waals surface area contributed by atoms with Gasteiger partial charge in [-0.25, -0.2) is 4.52 Å². The summed E-state index contributed by atoms with van der Waals surface area (Å²) < 4.78 is 1.75. The number of fused-ring (bicyclic) bond motifs is 1. The van der Waals surface area contributed by atoms with Crippen molar-refractivity contribution in [2.45, 2.75) is 12.5 Å². The lowest BCUT2D eigenvalue weighted by molar-refractivity contribution is 0.205. The zero-order chi connectivity index (χ0) is 10.2. The molecule has 0 radical (unpaired) electrons. The maximum atomic E-state index is 9.18. The summed E-state index contributed by atoms with van der Waals surface area (Å²) in [6.45, 7) is 1.68. The fraction of sp³-hybridized carbons (Fsp3) is 0.300. The molecule has 4 nitrogen and oxygen atoms in total. The van der Waals surface area contributed by atoms with E-state index in [9.17, 15) is 5.11 Å². The van der Waals surface area contributed by atoms with E-state index in [1.54, 1.807) is 17.6 Å². The van der Waals surface area contributed by atoms with Gasteiger partial charge in [-0.1, -0.05) is 6.07 Å². The van der Waals surface area contributed by atoms with E-state index in [1.165, 1.54) is 0 Å². The molecule has 2 aromatic rings. The molecule has 1 atom stereocenters. The highest BCUT2D eigenvalue weighted by atomic mass is 16.3. The second kappa shape index (κ2) is 3.08. The SMILES string of the molecule is C[C@@](N)(CO)c1cccc2ccnn12. The average Bonchev–Trinajstić information content (AvgIpc) is 2.64. The van der Waals surface area contributed by atoms with Gasteiger partial charge in [0.15, 0.2) is 0 Å². The standard InChI is InChI=1S/C10H13N3O/c1-10(11,7-14)9-4-2-3-8-5-6-12-13(8)9/h2-6,14H,7,11H2,1H3/t10-/m1/s1. The Hall–Kier alpha value is -1.39. The number of aliphatic hydroxyl groups excluding tert-OH is 1. The maximum absolute atomic E-state index is 9.18. The van der Waals surface area contributed by atoms with Gasteiger partial charge in [-0.2, -0.15) is 5.10 Å². The van der Waals surface area contributed by atoms with Gasteiger partial charge in [-0.05, 0) is 25.1 Å². The lowest BCUT2D eigenvalue weighted by atomic mass is 10.00. The molecule has 2 heterocycles. The van der Waals surface area contributed by atoms with Crippen LogP contribution in [0.1, 0.15) is 12.6 Å². The Kier molecular flexibility index (Phi) is 2.02. The highest BCUT2D eigenvalue weighted by molar-refractivity contribution is 5.47. The Morgan fingerprint density at radius 3 is 3.00 bits per heavy atom. The predicted molar refractivity (Wildman–Crippen MR) is 53.8 cm³/mol. The first kappa shape index (κ1) is 9.18. The molecule has 0 amide bonds. The zero-order valence-corrected chi connectivity index (χ0v) is 8.01. The number of nitrogens with two attached hydrogens (primary N) is 1. The fourth-order valence-corrected chi connectivity index (χ4v) is 1.46. The van der Waals surface area contributed by atoms with E-state index in [-0.39, 0.29) is 6.61 Å². The van der Waals surface area contributed by atoms with Crippen LogP contribution in [-0.2, 0) is 5.54 Å². The molecule has 0 saturated carbocycles. The summed E-state index contributed by atoms with van der Waals surface area (Å²) in [5, 5.41) is 13.3. The first-order valence-electron chi connectivity index (χ1n) is 4.48. The van der Waals surface area contributed by atoms with Gasteiger partial charge in [0.25, 0.3) is 0 Å². The molecule has 0 saturated heterocycles. The van der Waals surface area contributed by atoms with Crippen LogP contribution in [0.15, 0.2) is 30.5 Å². The molecular formula is C10H13N3O. The van der Waals surface area contributed by atoms with Crippen LogP contribution in [0.25, 0.3) is 5.52 Å². The Balaban J connectivity index is 2.67. The quantitative estimate of drug-likeness (QED) is 0.726. The van der Waals surface area contributed by atoms with Crippen LogP contribution in [0.2, 0.25) is 0 Å². The first-order valence-corrected chi connectivity index (χ1v) is 4.48. The van der Waals surface area contributed by atoms with Crippen molar-refractivity contribution < 1.29 is 5.11 Å². The van der Waals surface area contributed by atoms with E-state index in [1.807, 2.05) is 24.3 Å². The minimum atomic E-state index is -0.758. The van der Waals surface area contributed by atoms with Crippen LogP contribution in [-0.4, -0.2) is 21.3 Å². The number of rotatable bonds is 2. The fourth-order valence-electron chi connectivity index (χ4n) is 1.46. The summed E-state index contributed by atoms with van der Waals surface area (Å²) in [6.07, 6.45) is 1.71. The third-order valence-electron chi connectivity index (χ3n) is 2.33. The van der Waals surface area contributed by atoms with E-state index >= 15 is 0 Å². The molecule has 3 N–H and O–H groups in total. The van der Waals surface area contributed by atoms with E-state index in [0.29, 0.717) is 0 Å². The summed E-state index contributed by atoms with van der Waals surface area (Å²) in [4.78, 5) is 0. The number of aliphatic hydroxyl groups is 1. The van der Waals surface area contributed by atoms with Crippen LogP contribution < -0.4 is 5.73 Å². The molecular weight excluding hydrogens is 178 g/mol. The van der Waals surface area contributed by atoms with Gasteiger partial charge in [-0.15, -0.1) is 0 Å². The first-order chi connectivity index (χ1) is 6.65. The van der Waals surface area contributed by atoms with Gasteiger partial charge in [0.05, 0.1) is 23.4 Å². The molecule has 0 unspecified atom stereocenters. The summed E-state index contributed by atoms with van der Waals surface area (Å²) in [5.74, 6) is 0. The van der Waals surface area contributed by atoms with E-state index in [0.717, 1.165) is 11.2 Å². The Labute approximate surface area is 82.0 Å². The van der Waals surface area contributed by atoms with E-state index in [2.05, 4.69) is 5.10 Å². The number of nitrogens with zero attached hydrogens (tertiary/aromatic N) is 2. The third kappa shape index (κ3) is 1.29. The minimum Gasteiger partial charge on any atom is -0.394 e. The molecule has 4 heteroatoms. The van der Waals surface area contributed by atoms with Crippen molar-refractivity contribution in [1.29, 1.82) is 0 Å². The van der Waals surface area contributed by atoms with Crippen molar-refractivity contribution in [1.82, 2.24) is 9.61 Å². The van der Waals surface area contributed by atoms with Gasteiger partial charge < -0.3 is 10.8 Å². The second-order valence-electron chi connectivity index (χ2n) is 3.65. The van der Waals surface area contributed by atoms with E-state index < -0.39 is 5.54 Å². The molecule has 0 aliphatic heterocycles. The van der Waals surface area contributed by atoms with Crippen molar-refractivity contribution in [3.63, 3.8) is 0 Å². The summed E-state index contributed by atoms with van der Waals surface area (Å²) >= 11 is 0. The molecule has 2 rings (SSSR count). The average molecular weight is 191 g/mol. The van der Waals surface area contributed by atoms with Crippen LogP contribution >= 0.6 is 0 Å². The summed E-state index contributed by atoms with van der Waals surface area (Å²) in [6, 6.07) is 7.63. The Morgan fingerprint density at radius 1 is 1.50 bits per heavy atom. The number of hydrogen-bond donors (Lipinski definition) is 2. The molecule has 0 aromatic carbocycles. The maximum Gasteiger partial charge on any atom is 0.0789 e. The van der Waals surface area contributed by atoms with Crippen LogP contribution in [0.3, 0.4) is 0 Å². The van der Waals surface area contributed by atoms with E-state index in [4.69, 9.17) is 5.73 Å². The summed E-state index contributed by atoms with van der Waals surface area (Å²) in [7, 11) is 0. The number of hydrogen-bond acceptors (Lipinski definition) is 3. The van der Waals surface area contributed by atoms with Gasteiger partial charge in [0.1, 0.15) is 0 Å². The van der Waals surface area contributed by atoms with Gasteiger partial charge in [-0.3, -0.25) is 0 Å². The molecule has 14 heavy (non-hydrogen) atoms. The van der Waals surface area contributed by atoms with Crippen molar-refractivity contribution in [2.24, 2.45) is 5.73 Å². The normalized spacial score (nSPS) is 15.6. The van der Waals surface area contributed by atoms with Gasteiger partial charge in [0.2, 0.25) is 0 Å². The Bertz CT molecular complexity index is 447. The lowest BCUT2D eigenvalue weighted by Gasteiger charge is -2.22. The molecule has 74 valence electrons. The van der Waals surface area contributed by atoms with Gasteiger partial charge in [0, 0.05) is 6.20 Å². The van der Waals surface area contributed by atoms with Gasteiger partial charge >= 0.3 is 0 Å². The smallest absolute Gasteiger partial charge is 0.0789 e. The number of aromatic nitrogens is 2. The number of pyridine rings is 1. The largest absolute Gasteiger partial charge is 0.394 e. The highest BCUT2D eigenvalue weighted by Crippen LogP contribution is 2.17. The minimum absolute atomic E-state index is 0.105. The topological polar surface area (TPSA) is 63.5 Å². The zero-order valence-electron chi connectivity index (χ0n) is 8.01. The molecule has 2 aromatic heterocycles. The predicted octanol–water partition coefficient (Wildman–Crippen LogP) is 0.500. The monoisotopic (exact) mass is 191 g/mol. The highest BCUT2D eigenvalue weighted by Gasteiger charge is 2.22. The lowest BCUT2D eigenvalue weighted by Crippen LogP contribution is -2.38. The van der Waals surface area contributed by atoms with Crippen molar-refractivity contribution in [3.05, 3.63) is 36.2 Å². The molecule has 0 aliphatic carbocycles. The molecule has 0 fully saturated rings. The van der Waals surface area contributed by atoms with Crippen LogP contribution in [0.4, 0.5) is 0 Å². The van der Waals surface area contributed by atoms with Crippen LogP contribution in [0, 0.1) is 0 Å². The third-order valence-corrected chi connectivity index (χ3v) is 2.33. The van der Waals surface area contributed by atoms with Crippen LogP contribution in [0.5, 0.6) is 0 Å². The molecule has 0 spiro atoms.